The van der Waals surface area contributed by atoms with Crippen molar-refractivity contribution in [2.45, 2.75) is 0 Å². The Morgan fingerprint density at radius 3 is 2.19 bits per heavy atom. The van der Waals surface area contributed by atoms with Crippen LogP contribution in [0.4, 0.5) is 5.69 Å². The Bertz CT molecular complexity index is 756. The van der Waals surface area contributed by atoms with Gasteiger partial charge in [-0.15, -0.1) is 0 Å². The van der Waals surface area contributed by atoms with Crippen LogP contribution in [0, 0.1) is 0 Å². The summed E-state index contributed by atoms with van der Waals surface area (Å²) in [7, 11) is 1.81. The average molecular weight is 409 g/mol. The predicted octanol–water partition coefficient (Wildman–Crippen LogP) is 0.901. The van der Waals surface area contributed by atoms with Crippen LogP contribution in [0.25, 0.3) is 0 Å². The van der Waals surface area contributed by atoms with E-state index in [2.05, 4.69) is 4.90 Å². The first-order chi connectivity index (χ1) is 12.5. The molecular formula is C20H22GeN3O2. The van der Waals surface area contributed by atoms with E-state index < -0.39 is 0 Å². The normalized spacial score (nSPS) is 14.9. The quantitative estimate of drug-likeness (QED) is 0.706. The SMILES string of the molecule is CN(C(=O)CN1CCN(C(=O)c2ccccc2)CC1)c1cc[c]([Ge])cc1. The van der Waals surface area contributed by atoms with Crippen molar-refractivity contribution >= 4 is 38.4 Å². The van der Waals surface area contributed by atoms with E-state index in [-0.39, 0.29) is 11.8 Å². The predicted molar refractivity (Wildman–Crippen MR) is 104 cm³/mol. The molecule has 0 spiro atoms. The van der Waals surface area contributed by atoms with Gasteiger partial charge in [-0.1, -0.05) is 18.2 Å². The zero-order valence-corrected chi connectivity index (χ0v) is 17.0. The van der Waals surface area contributed by atoms with Crippen molar-refractivity contribution in [2.24, 2.45) is 0 Å². The molecule has 0 bridgehead atoms. The number of hydrogen-bond acceptors (Lipinski definition) is 3. The Kier molecular flexibility index (Phi) is 6.11. The van der Waals surface area contributed by atoms with Gasteiger partial charge < -0.3 is 0 Å². The third kappa shape index (κ3) is 4.53. The second-order valence-electron chi connectivity index (χ2n) is 6.43. The first-order valence-corrected chi connectivity index (χ1v) is 9.74. The molecule has 0 N–H and O–H groups in total. The van der Waals surface area contributed by atoms with E-state index in [1.54, 1.807) is 4.90 Å². The number of benzene rings is 2. The van der Waals surface area contributed by atoms with E-state index in [9.17, 15) is 9.59 Å². The Labute approximate surface area is 162 Å². The van der Waals surface area contributed by atoms with Crippen molar-refractivity contribution in [3.8, 4) is 0 Å². The summed E-state index contributed by atoms with van der Waals surface area (Å²) in [5.41, 5.74) is 1.62. The zero-order valence-electron chi connectivity index (χ0n) is 14.9. The molecule has 0 saturated carbocycles. The molecular weight excluding hydrogens is 387 g/mol. The molecule has 0 aliphatic carbocycles. The minimum absolute atomic E-state index is 0.0633. The van der Waals surface area contributed by atoms with Crippen molar-refractivity contribution in [3.05, 3.63) is 60.2 Å². The Morgan fingerprint density at radius 1 is 0.962 bits per heavy atom. The Balaban J connectivity index is 1.51. The van der Waals surface area contributed by atoms with E-state index in [0.29, 0.717) is 32.7 Å². The van der Waals surface area contributed by atoms with Crippen molar-refractivity contribution in [1.82, 2.24) is 9.80 Å². The van der Waals surface area contributed by atoms with Crippen molar-refractivity contribution < 1.29 is 9.59 Å². The molecule has 3 rings (SSSR count). The van der Waals surface area contributed by atoms with Crippen LogP contribution >= 0.6 is 0 Å². The second-order valence-corrected chi connectivity index (χ2v) is 7.65. The van der Waals surface area contributed by atoms with Gasteiger partial charge in [-0.3, -0.25) is 4.79 Å². The van der Waals surface area contributed by atoms with Crippen LogP contribution in [-0.4, -0.2) is 77.9 Å². The molecule has 2 aromatic rings. The van der Waals surface area contributed by atoms with Crippen LogP contribution in [0.1, 0.15) is 10.4 Å². The van der Waals surface area contributed by atoms with Crippen LogP contribution < -0.4 is 9.30 Å². The molecule has 0 atom stereocenters. The molecule has 2 aromatic carbocycles. The van der Waals surface area contributed by atoms with Gasteiger partial charge in [0.15, 0.2) is 0 Å². The van der Waals surface area contributed by atoms with Crippen molar-refractivity contribution in [2.75, 3.05) is 44.7 Å². The summed E-state index contributed by atoms with van der Waals surface area (Å²) in [4.78, 5) is 30.7. The summed E-state index contributed by atoms with van der Waals surface area (Å²) in [5, 5.41) is 0. The fraction of sp³-hybridized carbons (Fsp3) is 0.300. The van der Waals surface area contributed by atoms with E-state index in [1.165, 1.54) is 4.40 Å². The number of amides is 2. The molecule has 1 saturated heterocycles. The van der Waals surface area contributed by atoms with Gasteiger partial charge >= 0.3 is 122 Å². The summed E-state index contributed by atoms with van der Waals surface area (Å²) >= 11 is 2.03. The van der Waals surface area contributed by atoms with Crippen LogP contribution in [0.15, 0.2) is 54.6 Å². The van der Waals surface area contributed by atoms with E-state index in [0.717, 1.165) is 11.3 Å². The number of rotatable bonds is 4. The van der Waals surface area contributed by atoms with Gasteiger partial charge in [-0.25, -0.2) is 0 Å². The number of likely N-dealkylation sites (N-methyl/N-ethyl adjacent to an activating group) is 1. The van der Waals surface area contributed by atoms with Gasteiger partial charge in [0.1, 0.15) is 0 Å². The summed E-state index contributed by atoms with van der Waals surface area (Å²) < 4.78 is 1.17. The summed E-state index contributed by atoms with van der Waals surface area (Å²) in [6.45, 7) is 3.10. The van der Waals surface area contributed by atoms with Gasteiger partial charge in [-0.05, 0) is 12.1 Å². The molecule has 3 radical (unpaired) electrons. The van der Waals surface area contributed by atoms with Gasteiger partial charge in [0.25, 0.3) is 0 Å². The zero-order chi connectivity index (χ0) is 18.5. The van der Waals surface area contributed by atoms with Crippen molar-refractivity contribution in [1.29, 1.82) is 0 Å². The van der Waals surface area contributed by atoms with E-state index in [4.69, 9.17) is 0 Å². The molecule has 1 fully saturated rings. The van der Waals surface area contributed by atoms with Crippen LogP contribution in [0.2, 0.25) is 0 Å². The Hall–Kier alpha value is -2.12. The third-order valence-electron chi connectivity index (χ3n) is 4.67. The molecule has 26 heavy (non-hydrogen) atoms. The topological polar surface area (TPSA) is 43.9 Å². The van der Waals surface area contributed by atoms with Crippen molar-refractivity contribution in [3.63, 3.8) is 0 Å². The number of carbonyl (C=O) groups excluding carboxylic acids is 2. The number of piperazine rings is 1. The molecule has 5 nitrogen and oxygen atoms in total. The molecule has 1 aliphatic rings. The maximum atomic E-state index is 12.5. The standard InChI is InChI=1S/C20H22GeN3O2/c1-22(18-9-7-17(21)8-10-18)19(25)15-23-11-13-24(14-12-23)20(26)16-5-3-2-4-6-16/h2-10H,11-15H2,1H3. The number of carbonyl (C=O) groups is 2. The average Bonchev–Trinajstić information content (AvgIpc) is 2.68. The molecule has 2 amide bonds. The van der Waals surface area contributed by atoms with Gasteiger partial charge in [0.2, 0.25) is 0 Å². The summed E-state index contributed by atoms with van der Waals surface area (Å²) in [6.07, 6.45) is 0. The minimum atomic E-state index is 0.0633. The first kappa shape index (κ1) is 18.7. The fourth-order valence-corrected chi connectivity index (χ4v) is 3.35. The fourth-order valence-electron chi connectivity index (χ4n) is 3.00. The second kappa shape index (κ2) is 8.51. The molecule has 0 aromatic heterocycles. The number of nitrogens with zero attached hydrogens (tertiary/aromatic N) is 3. The monoisotopic (exact) mass is 410 g/mol. The number of hydrogen-bond donors (Lipinski definition) is 0. The maximum absolute atomic E-state index is 12.5. The number of anilines is 1. The van der Waals surface area contributed by atoms with E-state index in [1.807, 2.05) is 83.1 Å². The summed E-state index contributed by atoms with van der Waals surface area (Å²) in [5.74, 6) is 0.130. The summed E-state index contributed by atoms with van der Waals surface area (Å²) in [6, 6.07) is 17.3. The Morgan fingerprint density at radius 2 is 1.58 bits per heavy atom. The van der Waals surface area contributed by atoms with E-state index >= 15 is 0 Å². The van der Waals surface area contributed by atoms with Crippen LogP contribution in [-0.2, 0) is 4.79 Å². The van der Waals surface area contributed by atoms with Crippen LogP contribution in [0.3, 0.4) is 0 Å². The molecule has 133 valence electrons. The molecule has 0 unspecified atom stereocenters. The third-order valence-corrected chi connectivity index (χ3v) is 5.37. The van der Waals surface area contributed by atoms with Crippen LogP contribution in [0.5, 0.6) is 0 Å². The first-order valence-electron chi connectivity index (χ1n) is 8.69. The molecule has 1 heterocycles. The molecule has 6 heteroatoms. The van der Waals surface area contributed by atoms with Gasteiger partial charge in [0.05, 0.1) is 0 Å². The van der Waals surface area contributed by atoms with Gasteiger partial charge in [-0.2, -0.15) is 0 Å². The van der Waals surface area contributed by atoms with Gasteiger partial charge in [0, 0.05) is 5.56 Å². The molecule has 1 aliphatic heterocycles.